The van der Waals surface area contributed by atoms with Gasteiger partial charge >= 0.3 is 10.1 Å². The minimum Gasteiger partial charge on any atom is -0.497 e. The van der Waals surface area contributed by atoms with Crippen molar-refractivity contribution in [3.05, 3.63) is 93.9 Å². The molecule has 0 aliphatic carbocycles. The van der Waals surface area contributed by atoms with E-state index in [9.17, 15) is 13.2 Å². The van der Waals surface area contributed by atoms with Crippen LogP contribution in [0.2, 0.25) is 0 Å². The lowest BCUT2D eigenvalue weighted by Crippen LogP contribution is -2.32. The smallest absolute Gasteiger partial charge is 0.357 e. The van der Waals surface area contributed by atoms with E-state index in [1.165, 1.54) is 18.2 Å². The Hall–Kier alpha value is -3.32. The molecule has 0 unspecified atom stereocenters. The molecule has 0 aliphatic heterocycles. The normalized spacial score (nSPS) is 11.5. The summed E-state index contributed by atoms with van der Waals surface area (Å²) in [5, 5.41) is 0. The number of hydrogen-bond acceptors (Lipinski definition) is 5. The number of hydrogen-bond donors (Lipinski definition) is 0. The number of pyridine rings is 1. The molecule has 0 fully saturated rings. The van der Waals surface area contributed by atoms with Gasteiger partial charge in [0.15, 0.2) is 0 Å². The van der Waals surface area contributed by atoms with Gasteiger partial charge in [0.2, 0.25) is 0 Å². The van der Waals surface area contributed by atoms with Crippen LogP contribution in [0.15, 0.2) is 76.4 Å². The summed E-state index contributed by atoms with van der Waals surface area (Å²) in [5.74, 6) is 0.724. The zero-order valence-corrected chi connectivity index (χ0v) is 16.2. The monoisotopic (exact) mass is 397 g/mol. The average Bonchev–Trinajstić information content (AvgIpc) is 2.69. The van der Waals surface area contributed by atoms with Crippen LogP contribution in [0.3, 0.4) is 0 Å². The third-order valence-electron chi connectivity index (χ3n) is 3.93. The second-order valence-electron chi connectivity index (χ2n) is 6.04. The lowest BCUT2D eigenvalue weighted by Gasteiger charge is -2.12. The highest BCUT2D eigenvalue weighted by atomic mass is 32.2. The van der Waals surface area contributed by atoms with E-state index in [4.69, 9.17) is 9.02 Å². The van der Waals surface area contributed by atoms with E-state index in [2.05, 4.69) is 0 Å². The molecule has 0 bridgehead atoms. The molecule has 6 nitrogen and oxygen atoms in total. The highest BCUT2D eigenvalue weighted by molar-refractivity contribution is 7.87. The molecule has 28 heavy (non-hydrogen) atoms. The summed E-state index contributed by atoms with van der Waals surface area (Å²) in [6.07, 6.45) is 3.37. The quantitative estimate of drug-likeness (QED) is 0.639. The summed E-state index contributed by atoms with van der Waals surface area (Å²) in [5.41, 5.74) is 1.28. The van der Waals surface area contributed by atoms with Gasteiger partial charge in [0.1, 0.15) is 10.6 Å². The van der Waals surface area contributed by atoms with E-state index in [1.807, 2.05) is 12.1 Å². The Kier molecular flexibility index (Phi) is 5.65. The second-order valence-corrected chi connectivity index (χ2v) is 7.57. The number of aromatic nitrogens is 1. The zero-order chi connectivity index (χ0) is 20.1. The molecule has 1 aromatic heterocycles. The summed E-state index contributed by atoms with van der Waals surface area (Å²) < 4.78 is 36.1. The third-order valence-corrected chi connectivity index (χ3v) is 5.12. The van der Waals surface area contributed by atoms with Gasteiger partial charge in [-0.15, -0.1) is 4.73 Å². The summed E-state index contributed by atoms with van der Waals surface area (Å²) >= 11 is 0. The van der Waals surface area contributed by atoms with Crippen LogP contribution in [-0.2, 0) is 10.1 Å². The Bertz CT molecular complexity index is 1150. The summed E-state index contributed by atoms with van der Waals surface area (Å²) in [6, 6.07) is 17.9. The number of aryl methyl sites for hydroxylation is 1. The van der Waals surface area contributed by atoms with Crippen LogP contribution in [0.5, 0.6) is 5.75 Å². The van der Waals surface area contributed by atoms with Gasteiger partial charge in [-0.05, 0) is 54.5 Å². The molecule has 0 saturated carbocycles. The maximum Gasteiger partial charge on any atom is 0.357 e. The molecular weight excluding hydrogens is 378 g/mol. The fourth-order valence-corrected chi connectivity index (χ4v) is 3.47. The fourth-order valence-electron chi connectivity index (χ4n) is 2.53. The molecule has 0 N–H and O–H groups in total. The van der Waals surface area contributed by atoms with Crippen LogP contribution in [0, 0.1) is 6.92 Å². The maximum atomic E-state index is 12.5. The van der Waals surface area contributed by atoms with Crippen LogP contribution in [0.25, 0.3) is 12.2 Å². The molecule has 0 aliphatic rings. The molecular formula is C21H19NO5S. The van der Waals surface area contributed by atoms with E-state index in [0.29, 0.717) is 11.3 Å². The number of ether oxygens (including phenoxy) is 1. The molecule has 7 heteroatoms. The van der Waals surface area contributed by atoms with Crippen LogP contribution < -0.4 is 14.6 Å². The molecule has 1 heterocycles. The van der Waals surface area contributed by atoms with E-state index in [1.54, 1.807) is 62.6 Å². The minimum absolute atomic E-state index is 0.0347. The largest absolute Gasteiger partial charge is 0.497 e. The van der Waals surface area contributed by atoms with Crippen LogP contribution in [0.1, 0.15) is 16.8 Å². The topological polar surface area (TPSA) is 74.6 Å². The van der Waals surface area contributed by atoms with Gasteiger partial charge in [-0.3, -0.25) is 9.08 Å². The van der Waals surface area contributed by atoms with Crippen molar-refractivity contribution in [3.8, 4) is 5.75 Å². The van der Waals surface area contributed by atoms with Gasteiger partial charge in [-0.25, -0.2) is 0 Å². The first-order valence-electron chi connectivity index (χ1n) is 8.45. The van der Waals surface area contributed by atoms with E-state index >= 15 is 0 Å². The van der Waals surface area contributed by atoms with Crippen LogP contribution in [0.4, 0.5) is 0 Å². The molecule has 0 radical (unpaired) electrons. The first kappa shape index (κ1) is 19.4. The van der Waals surface area contributed by atoms with Gasteiger partial charge < -0.3 is 4.74 Å². The van der Waals surface area contributed by atoms with Gasteiger partial charge in [-0.2, -0.15) is 8.42 Å². The van der Waals surface area contributed by atoms with Crippen molar-refractivity contribution < 1.29 is 17.4 Å². The molecule has 0 spiro atoms. The summed E-state index contributed by atoms with van der Waals surface area (Å²) in [6.45, 7) is 1.75. The molecule has 0 saturated heterocycles. The van der Waals surface area contributed by atoms with Crippen molar-refractivity contribution in [3.63, 3.8) is 0 Å². The SMILES string of the molecule is COc1ccc(/C=C/c2cc(C)cc(=O)n2OS(=O)(=O)c2ccccc2)cc1. The highest BCUT2D eigenvalue weighted by Gasteiger charge is 2.18. The van der Waals surface area contributed by atoms with Crippen molar-refractivity contribution in [1.82, 2.24) is 4.73 Å². The maximum absolute atomic E-state index is 12.5. The van der Waals surface area contributed by atoms with Crippen molar-refractivity contribution in [2.24, 2.45) is 0 Å². The van der Waals surface area contributed by atoms with Crippen molar-refractivity contribution in [2.45, 2.75) is 11.8 Å². The summed E-state index contributed by atoms with van der Waals surface area (Å²) in [7, 11) is -2.57. The summed E-state index contributed by atoms with van der Waals surface area (Å²) in [4.78, 5) is 12.4. The molecule has 3 aromatic rings. The minimum atomic E-state index is -4.15. The number of benzene rings is 2. The van der Waals surface area contributed by atoms with Crippen molar-refractivity contribution >= 4 is 22.3 Å². The van der Waals surface area contributed by atoms with Crippen LogP contribution >= 0.6 is 0 Å². The highest BCUT2D eigenvalue weighted by Crippen LogP contribution is 2.15. The average molecular weight is 397 g/mol. The molecule has 0 atom stereocenters. The Morgan fingerprint density at radius 1 is 0.929 bits per heavy atom. The van der Waals surface area contributed by atoms with E-state index in [0.717, 1.165) is 16.0 Å². The van der Waals surface area contributed by atoms with Gasteiger partial charge in [-0.1, -0.05) is 36.4 Å². The molecule has 0 amide bonds. The van der Waals surface area contributed by atoms with E-state index in [-0.39, 0.29) is 4.90 Å². The standard InChI is InChI=1S/C21H19NO5S/c1-16-14-18(11-8-17-9-12-19(26-2)13-10-17)22(21(23)15-16)27-28(24,25)20-6-4-3-5-7-20/h3-15H,1-2H3/b11-8+. The predicted octanol–water partition coefficient (Wildman–Crippen LogP) is 3.15. The fraction of sp³-hybridized carbons (Fsp3) is 0.0952. The van der Waals surface area contributed by atoms with Gasteiger partial charge in [0.25, 0.3) is 5.56 Å². The van der Waals surface area contributed by atoms with Crippen LogP contribution in [-0.4, -0.2) is 20.3 Å². The lowest BCUT2D eigenvalue weighted by atomic mass is 10.1. The Morgan fingerprint density at radius 2 is 1.61 bits per heavy atom. The first-order valence-corrected chi connectivity index (χ1v) is 9.86. The van der Waals surface area contributed by atoms with Gasteiger partial charge in [0.05, 0.1) is 12.8 Å². The third kappa shape index (κ3) is 4.50. The first-order chi connectivity index (χ1) is 13.4. The lowest BCUT2D eigenvalue weighted by molar-refractivity contribution is 0.264. The zero-order valence-electron chi connectivity index (χ0n) is 15.4. The Balaban J connectivity index is 1.98. The molecule has 2 aromatic carbocycles. The van der Waals surface area contributed by atoms with Crippen molar-refractivity contribution in [2.75, 3.05) is 7.11 Å². The number of methoxy groups -OCH3 is 1. The van der Waals surface area contributed by atoms with E-state index < -0.39 is 15.7 Å². The molecule has 144 valence electrons. The number of nitrogens with zero attached hydrogens (tertiary/aromatic N) is 1. The molecule has 3 rings (SSSR count). The predicted molar refractivity (Wildman–Crippen MR) is 108 cm³/mol. The van der Waals surface area contributed by atoms with Gasteiger partial charge in [0, 0.05) is 6.07 Å². The van der Waals surface area contributed by atoms with Crippen molar-refractivity contribution in [1.29, 1.82) is 0 Å². The second kappa shape index (κ2) is 8.14. The Labute approximate surface area is 163 Å². The number of rotatable bonds is 6. The Morgan fingerprint density at radius 3 is 2.25 bits per heavy atom.